The number of carbonyl (C=O) groups is 3. The van der Waals surface area contributed by atoms with Crippen LogP contribution in [0.3, 0.4) is 0 Å². The zero-order valence-electron chi connectivity index (χ0n) is 15.5. The van der Waals surface area contributed by atoms with Gasteiger partial charge in [0.05, 0.1) is 16.5 Å². The minimum Gasteiger partial charge on any atom is -0.369 e. The van der Waals surface area contributed by atoms with Gasteiger partial charge in [0.2, 0.25) is 11.8 Å². The van der Waals surface area contributed by atoms with Crippen molar-refractivity contribution in [2.24, 2.45) is 33.5 Å². The molecule has 3 amide bonds. The van der Waals surface area contributed by atoms with Crippen molar-refractivity contribution in [3.05, 3.63) is 11.0 Å². The van der Waals surface area contributed by atoms with Crippen molar-refractivity contribution in [2.45, 2.75) is 26.7 Å². The molecule has 0 bridgehead atoms. The molecule has 0 radical (unpaired) electrons. The molecule has 146 valence electrons. The van der Waals surface area contributed by atoms with E-state index in [2.05, 4.69) is 23.8 Å². The lowest BCUT2D eigenvalue weighted by Crippen LogP contribution is -2.42. The second-order valence-corrected chi connectivity index (χ2v) is 9.25. The zero-order valence-corrected chi connectivity index (χ0v) is 17.1. The normalized spacial score (nSPS) is 23.1. The van der Waals surface area contributed by atoms with Crippen LogP contribution < -0.4 is 5.73 Å². The number of fused-ring (bicyclic) bond motifs is 1. The summed E-state index contributed by atoms with van der Waals surface area (Å²) < 4.78 is 0. The summed E-state index contributed by atoms with van der Waals surface area (Å²) in [5.41, 5.74) is 5.32. The van der Waals surface area contributed by atoms with Crippen molar-refractivity contribution in [1.82, 2.24) is 4.90 Å². The third kappa shape index (κ3) is 4.82. The lowest BCUT2D eigenvalue weighted by molar-refractivity contribution is -0.132. The molecule has 0 aromatic heterocycles. The molecule has 0 spiro atoms. The second kappa shape index (κ2) is 8.60. The lowest BCUT2D eigenvalue weighted by Gasteiger charge is -2.30. The monoisotopic (exact) mass is 408 g/mol. The van der Waals surface area contributed by atoms with Gasteiger partial charge in [-0.1, -0.05) is 31.7 Å². The first-order valence-corrected chi connectivity index (χ1v) is 11.1. The maximum atomic E-state index is 12.3. The summed E-state index contributed by atoms with van der Waals surface area (Å²) >= 11 is 2.98. The van der Waals surface area contributed by atoms with E-state index in [1.165, 1.54) is 11.8 Å². The third-order valence-electron chi connectivity index (χ3n) is 4.84. The Bertz CT molecular complexity index is 737. The molecule has 2 N–H and O–H groups in total. The van der Waals surface area contributed by atoms with Gasteiger partial charge in [-0.2, -0.15) is 4.99 Å². The third-order valence-corrected chi connectivity index (χ3v) is 7.15. The highest BCUT2D eigenvalue weighted by atomic mass is 32.2. The summed E-state index contributed by atoms with van der Waals surface area (Å²) in [5, 5.41) is 0.800. The van der Waals surface area contributed by atoms with Crippen molar-refractivity contribution < 1.29 is 14.4 Å². The number of allylic oxidation sites excluding steroid dienone is 1. The maximum absolute atomic E-state index is 12.3. The number of likely N-dealkylation sites (tertiary alicyclic amines) is 1. The Labute approximate surface area is 167 Å². The summed E-state index contributed by atoms with van der Waals surface area (Å²) in [5.74, 6) is 0.736. The van der Waals surface area contributed by atoms with Crippen LogP contribution in [0.1, 0.15) is 26.7 Å². The van der Waals surface area contributed by atoms with Crippen molar-refractivity contribution >= 4 is 52.1 Å². The minimum atomic E-state index is -0.325. The number of amidine groups is 1. The van der Waals surface area contributed by atoms with E-state index in [-0.39, 0.29) is 29.6 Å². The Morgan fingerprint density at radius 3 is 2.67 bits per heavy atom. The molecule has 7 nitrogen and oxygen atoms in total. The van der Waals surface area contributed by atoms with E-state index in [1.807, 2.05) is 6.08 Å². The van der Waals surface area contributed by atoms with Crippen LogP contribution in [0.5, 0.6) is 0 Å². The van der Waals surface area contributed by atoms with Gasteiger partial charge >= 0.3 is 0 Å². The fourth-order valence-corrected chi connectivity index (χ4v) is 5.08. The van der Waals surface area contributed by atoms with Gasteiger partial charge in [0, 0.05) is 19.0 Å². The molecule has 1 saturated heterocycles. The number of rotatable bonds is 6. The minimum absolute atomic E-state index is 0.0372. The number of amides is 3. The molecular formula is C18H24N4O3S2. The van der Waals surface area contributed by atoms with Gasteiger partial charge in [-0.15, -0.1) is 11.8 Å². The number of hydrogen-bond acceptors (Lipinski definition) is 6. The number of primary amides is 1. The molecule has 9 heteroatoms. The van der Waals surface area contributed by atoms with Crippen molar-refractivity contribution in [2.75, 3.05) is 24.6 Å². The Morgan fingerprint density at radius 2 is 2.04 bits per heavy atom. The quantitative estimate of drug-likeness (QED) is 0.720. The number of aliphatic imine (C=N–C) groups is 2. The first-order valence-electron chi connectivity index (χ1n) is 9.09. The SMILES string of the molecule is CC(C)C1=CC2C(=O)N=C(CSCC(=O)N3CCC(C(N)=O)CC3)N=C2S1. The second-order valence-electron chi connectivity index (χ2n) is 7.17. The average Bonchev–Trinajstić information content (AvgIpc) is 3.07. The number of thioether (sulfide) groups is 2. The molecule has 27 heavy (non-hydrogen) atoms. The predicted molar refractivity (Wildman–Crippen MR) is 110 cm³/mol. The molecule has 0 aromatic rings. The standard InChI is InChI=1S/C18H24N4O3S2/c1-10(2)13-7-12-17(25)20-14(21-18(12)27-13)8-26-9-15(23)22-5-3-11(4-6-22)16(19)24/h7,10-12H,3-6,8-9H2,1-2H3,(H2,19,24). The Hall–Kier alpha value is -1.61. The van der Waals surface area contributed by atoms with E-state index in [4.69, 9.17) is 5.73 Å². The van der Waals surface area contributed by atoms with Crippen molar-refractivity contribution in [3.63, 3.8) is 0 Å². The van der Waals surface area contributed by atoms with Crippen LogP contribution >= 0.6 is 23.5 Å². The largest absolute Gasteiger partial charge is 0.369 e. The van der Waals surface area contributed by atoms with E-state index in [9.17, 15) is 14.4 Å². The highest BCUT2D eigenvalue weighted by Crippen LogP contribution is 2.38. The molecule has 0 aliphatic carbocycles. The number of piperidine rings is 1. The van der Waals surface area contributed by atoms with Gasteiger partial charge in [0.1, 0.15) is 11.8 Å². The fraction of sp³-hybridized carbons (Fsp3) is 0.611. The lowest BCUT2D eigenvalue weighted by atomic mass is 9.96. The number of carbonyl (C=O) groups excluding carboxylic acids is 3. The van der Waals surface area contributed by atoms with Gasteiger partial charge < -0.3 is 10.6 Å². The van der Waals surface area contributed by atoms with Crippen molar-refractivity contribution in [3.8, 4) is 0 Å². The van der Waals surface area contributed by atoms with Crippen LogP contribution in [-0.2, 0) is 14.4 Å². The number of nitrogens with zero attached hydrogens (tertiary/aromatic N) is 3. The zero-order chi connectivity index (χ0) is 19.6. The van der Waals surface area contributed by atoms with E-state index >= 15 is 0 Å². The molecule has 1 fully saturated rings. The molecule has 3 rings (SSSR count). The highest BCUT2D eigenvalue weighted by Gasteiger charge is 2.34. The van der Waals surface area contributed by atoms with Crippen molar-refractivity contribution in [1.29, 1.82) is 0 Å². The topological polar surface area (TPSA) is 105 Å². The van der Waals surface area contributed by atoms with Crippen LogP contribution in [-0.4, -0.2) is 58.1 Å². The first kappa shape index (κ1) is 20.1. The Kier molecular flexibility index (Phi) is 6.41. The summed E-state index contributed by atoms with van der Waals surface area (Å²) in [4.78, 5) is 47.3. The highest BCUT2D eigenvalue weighted by molar-refractivity contribution is 8.17. The van der Waals surface area contributed by atoms with Crippen LogP contribution in [0, 0.1) is 17.8 Å². The average molecular weight is 409 g/mol. The molecule has 3 heterocycles. The van der Waals surface area contributed by atoms with Crippen LogP contribution in [0.2, 0.25) is 0 Å². The Morgan fingerprint density at radius 1 is 1.33 bits per heavy atom. The predicted octanol–water partition coefficient (Wildman–Crippen LogP) is 1.68. The molecular weight excluding hydrogens is 384 g/mol. The summed E-state index contributed by atoms with van der Waals surface area (Å²) in [6, 6.07) is 0. The molecule has 1 unspecified atom stereocenters. The van der Waals surface area contributed by atoms with Gasteiger partial charge in [0.15, 0.2) is 0 Å². The Balaban J connectivity index is 1.46. The van der Waals surface area contributed by atoms with Gasteiger partial charge in [-0.05, 0) is 23.7 Å². The van der Waals surface area contributed by atoms with E-state index in [0.717, 1.165) is 9.95 Å². The van der Waals surface area contributed by atoms with E-state index < -0.39 is 0 Å². The molecule has 0 aromatic carbocycles. The van der Waals surface area contributed by atoms with E-state index in [0.29, 0.717) is 49.2 Å². The van der Waals surface area contributed by atoms with Gasteiger partial charge in [-0.3, -0.25) is 14.4 Å². The number of hydrogen-bond donors (Lipinski definition) is 1. The molecule has 3 aliphatic rings. The van der Waals surface area contributed by atoms with Gasteiger partial charge in [0.25, 0.3) is 5.91 Å². The molecule has 1 atom stereocenters. The van der Waals surface area contributed by atoms with E-state index in [1.54, 1.807) is 16.7 Å². The van der Waals surface area contributed by atoms with Gasteiger partial charge in [-0.25, -0.2) is 4.99 Å². The maximum Gasteiger partial charge on any atom is 0.261 e. The smallest absolute Gasteiger partial charge is 0.261 e. The number of nitrogens with two attached hydrogens (primary N) is 1. The molecule has 3 aliphatic heterocycles. The van der Waals surface area contributed by atoms with Crippen LogP contribution in [0.15, 0.2) is 21.0 Å². The van der Waals surface area contributed by atoms with Crippen LogP contribution in [0.25, 0.3) is 0 Å². The first-order chi connectivity index (χ1) is 12.8. The molecule has 0 saturated carbocycles. The summed E-state index contributed by atoms with van der Waals surface area (Å²) in [6.45, 7) is 5.32. The fourth-order valence-electron chi connectivity index (χ4n) is 3.18. The van der Waals surface area contributed by atoms with Crippen LogP contribution in [0.4, 0.5) is 0 Å². The summed E-state index contributed by atoms with van der Waals surface area (Å²) in [6.07, 6.45) is 3.22. The summed E-state index contributed by atoms with van der Waals surface area (Å²) in [7, 11) is 0.